The lowest BCUT2D eigenvalue weighted by Gasteiger charge is -2.27. The van der Waals surface area contributed by atoms with E-state index in [1.807, 2.05) is 6.26 Å². The molecule has 196 valence electrons. The number of unbranched alkanes of at least 4 members (excludes halogenated alkanes) is 1. The van der Waals surface area contributed by atoms with Crippen molar-refractivity contribution in [2.24, 2.45) is 17.4 Å². The smallest absolute Gasteiger partial charge is 0.326 e. The summed E-state index contributed by atoms with van der Waals surface area (Å²) < 4.78 is 0. The van der Waals surface area contributed by atoms with Gasteiger partial charge in [-0.2, -0.15) is 11.8 Å². The monoisotopic (exact) mass is 505 g/mol. The number of nitrogens with one attached hydrogen (secondary N) is 3. The molecule has 0 saturated carbocycles. The molecule has 0 heterocycles. The van der Waals surface area contributed by atoms with E-state index in [4.69, 9.17) is 16.6 Å². The third kappa shape index (κ3) is 12.8. The molecule has 3 amide bonds. The van der Waals surface area contributed by atoms with Gasteiger partial charge in [0, 0.05) is 6.42 Å². The van der Waals surface area contributed by atoms with Crippen LogP contribution < -0.4 is 27.4 Å². The van der Waals surface area contributed by atoms with Crippen molar-refractivity contribution in [2.45, 2.75) is 76.5 Å². The summed E-state index contributed by atoms with van der Waals surface area (Å²) in [6, 6.07) is -4.25. The lowest BCUT2D eigenvalue weighted by atomic mass is 10.0. The Labute approximate surface area is 204 Å². The maximum Gasteiger partial charge on any atom is 0.326 e. The van der Waals surface area contributed by atoms with Crippen LogP contribution in [0, 0.1) is 5.92 Å². The molecule has 0 aromatic heterocycles. The molecule has 0 radical (unpaired) electrons. The number of aliphatic carboxylic acids is 2. The zero-order chi connectivity index (χ0) is 26.3. The van der Waals surface area contributed by atoms with E-state index in [1.165, 1.54) is 11.8 Å². The van der Waals surface area contributed by atoms with Crippen LogP contribution in [0.2, 0.25) is 0 Å². The Bertz CT molecular complexity index is 692. The number of rotatable bonds is 18. The second-order valence-electron chi connectivity index (χ2n) is 8.30. The molecule has 9 N–H and O–H groups in total. The zero-order valence-corrected chi connectivity index (χ0v) is 20.9. The highest BCUT2D eigenvalue weighted by atomic mass is 32.2. The van der Waals surface area contributed by atoms with Gasteiger partial charge in [0.15, 0.2) is 0 Å². The summed E-state index contributed by atoms with van der Waals surface area (Å²) >= 11 is 1.45. The van der Waals surface area contributed by atoms with E-state index in [2.05, 4.69) is 16.0 Å². The largest absolute Gasteiger partial charge is 0.481 e. The van der Waals surface area contributed by atoms with E-state index in [0.717, 1.165) is 0 Å². The summed E-state index contributed by atoms with van der Waals surface area (Å²) in [5.74, 6) is -4.03. The van der Waals surface area contributed by atoms with Crippen LogP contribution >= 0.6 is 11.8 Å². The van der Waals surface area contributed by atoms with Crippen molar-refractivity contribution in [3.8, 4) is 0 Å². The van der Waals surface area contributed by atoms with Crippen molar-refractivity contribution in [2.75, 3.05) is 18.6 Å². The van der Waals surface area contributed by atoms with E-state index in [9.17, 15) is 29.1 Å². The van der Waals surface area contributed by atoms with Gasteiger partial charge in [-0.25, -0.2) is 4.79 Å². The predicted octanol–water partition coefficient (Wildman–Crippen LogP) is -0.744. The molecule has 0 fully saturated rings. The Morgan fingerprint density at radius 3 is 1.97 bits per heavy atom. The van der Waals surface area contributed by atoms with Gasteiger partial charge < -0.3 is 37.6 Å². The van der Waals surface area contributed by atoms with Gasteiger partial charge in [-0.1, -0.05) is 13.8 Å². The van der Waals surface area contributed by atoms with E-state index >= 15 is 0 Å². The zero-order valence-electron chi connectivity index (χ0n) is 20.0. The number of thioether (sulfide) groups is 1. The van der Waals surface area contributed by atoms with Crippen molar-refractivity contribution >= 4 is 41.4 Å². The molecule has 0 aliphatic rings. The Hall–Kier alpha value is -2.38. The van der Waals surface area contributed by atoms with E-state index in [0.29, 0.717) is 25.1 Å². The lowest BCUT2D eigenvalue weighted by Crippen LogP contribution is -2.58. The van der Waals surface area contributed by atoms with Crippen molar-refractivity contribution < 1.29 is 34.2 Å². The fourth-order valence-corrected chi connectivity index (χ4v) is 3.47. The fourth-order valence-electron chi connectivity index (χ4n) is 2.99. The highest BCUT2D eigenvalue weighted by Crippen LogP contribution is 2.08. The second-order valence-corrected chi connectivity index (χ2v) is 9.28. The van der Waals surface area contributed by atoms with Gasteiger partial charge in [-0.05, 0) is 56.6 Å². The molecule has 0 spiro atoms. The Kier molecular flexibility index (Phi) is 15.9. The highest BCUT2D eigenvalue weighted by Gasteiger charge is 2.31. The maximum atomic E-state index is 13.0. The van der Waals surface area contributed by atoms with E-state index in [1.54, 1.807) is 13.8 Å². The first-order valence-electron chi connectivity index (χ1n) is 11.2. The summed E-state index contributed by atoms with van der Waals surface area (Å²) in [4.78, 5) is 60.4. The van der Waals surface area contributed by atoms with Crippen LogP contribution in [0.3, 0.4) is 0 Å². The first kappa shape index (κ1) is 31.6. The first-order valence-corrected chi connectivity index (χ1v) is 12.6. The van der Waals surface area contributed by atoms with Crippen molar-refractivity contribution in [1.82, 2.24) is 16.0 Å². The molecule has 0 aliphatic heterocycles. The maximum absolute atomic E-state index is 13.0. The van der Waals surface area contributed by atoms with E-state index < -0.39 is 53.8 Å². The highest BCUT2D eigenvalue weighted by molar-refractivity contribution is 7.98. The quantitative estimate of drug-likeness (QED) is 0.116. The van der Waals surface area contributed by atoms with Gasteiger partial charge in [0.1, 0.15) is 18.1 Å². The number of hydrogen-bond acceptors (Lipinski definition) is 8. The molecule has 0 bridgehead atoms. The molecule has 13 heteroatoms. The average molecular weight is 506 g/mol. The summed E-state index contributed by atoms with van der Waals surface area (Å²) in [5.41, 5.74) is 11.2. The Balaban J connectivity index is 5.37. The molecule has 4 atom stereocenters. The molecular weight excluding hydrogens is 466 g/mol. The summed E-state index contributed by atoms with van der Waals surface area (Å²) in [5, 5.41) is 25.7. The first-order chi connectivity index (χ1) is 15.9. The van der Waals surface area contributed by atoms with Crippen LogP contribution in [0.5, 0.6) is 0 Å². The third-order valence-electron chi connectivity index (χ3n) is 5.06. The normalized spacial score (nSPS) is 14.5. The number of amides is 3. The summed E-state index contributed by atoms with van der Waals surface area (Å²) in [6.07, 6.45) is 3.02. The van der Waals surface area contributed by atoms with Gasteiger partial charge in [0.05, 0.1) is 6.04 Å². The standard InChI is InChI=1S/C21H39N5O7S/c1-12(2)17(20(31)25-15(21(32)33)9-11-34-3)26-19(30)14(6-4-5-10-22)24-18(29)13(23)7-8-16(27)28/h12-15,17H,4-11,22-23H2,1-3H3,(H,24,29)(H,25,31)(H,26,30)(H,27,28)(H,32,33). The lowest BCUT2D eigenvalue weighted by molar-refractivity contribution is -0.142. The van der Waals surface area contributed by atoms with Gasteiger partial charge in [0.2, 0.25) is 17.7 Å². The van der Waals surface area contributed by atoms with Gasteiger partial charge in [0.25, 0.3) is 0 Å². The minimum absolute atomic E-state index is 0.0953. The molecule has 0 aromatic rings. The summed E-state index contributed by atoms with van der Waals surface area (Å²) in [6.45, 7) is 3.79. The predicted molar refractivity (Wildman–Crippen MR) is 129 cm³/mol. The number of carbonyl (C=O) groups excluding carboxylic acids is 3. The average Bonchev–Trinajstić information content (AvgIpc) is 2.76. The van der Waals surface area contributed by atoms with Crippen LogP contribution in [0.25, 0.3) is 0 Å². The molecule has 0 saturated heterocycles. The molecule has 0 aliphatic carbocycles. The van der Waals surface area contributed by atoms with E-state index in [-0.39, 0.29) is 31.6 Å². The topological polar surface area (TPSA) is 214 Å². The van der Waals surface area contributed by atoms with Crippen molar-refractivity contribution in [3.05, 3.63) is 0 Å². The SMILES string of the molecule is CSCCC(NC(=O)C(NC(=O)C(CCCCN)NC(=O)C(N)CCC(=O)O)C(C)C)C(=O)O. The number of carboxylic acid groups (broad SMARTS) is 2. The van der Waals surface area contributed by atoms with Crippen LogP contribution in [-0.4, -0.2) is 82.6 Å². The minimum atomic E-state index is -1.17. The van der Waals surface area contributed by atoms with Crippen LogP contribution in [-0.2, 0) is 24.0 Å². The van der Waals surface area contributed by atoms with Crippen LogP contribution in [0.4, 0.5) is 0 Å². The van der Waals surface area contributed by atoms with Gasteiger partial charge in [-0.15, -0.1) is 0 Å². The van der Waals surface area contributed by atoms with Crippen LogP contribution in [0.1, 0.15) is 52.4 Å². The van der Waals surface area contributed by atoms with Crippen molar-refractivity contribution in [3.63, 3.8) is 0 Å². The Morgan fingerprint density at radius 1 is 0.853 bits per heavy atom. The molecule has 4 unspecified atom stereocenters. The van der Waals surface area contributed by atoms with Gasteiger partial charge in [-0.3, -0.25) is 19.2 Å². The van der Waals surface area contributed by atoms with Crippen LogP contribution in [0.15, 0.2) is 0 Å². The molecule has 34 heavy (non-hydrogen) atoms. The second kappa shape index (κ2) is 17.1. The number of hydrogen-bond donors (Lipinski definition) is 7. The van der Waals surface area contributed by atoms with Gasteiger partial charge >= 0.3 is 11.9 Å². The molecule has 0 aromatic carbocycles. The fraction of sp³-hybridized carbons (Fsp3) is 0.762. The Morgan fingerprint density at radius 2 is 1.47 bits per heavy atom. The molecule has 0 rings (SSSR count). The molecular formula is C21H39N5O7S. The number of carbonyl (C=O) groups is 5. The van der Waals surface area contributed by atoms with Crippen molar-refractivity contribution in [1.29, 1.82) is 0 Å². The third-order valence-corrected chi connectivity index (χ3v) is 5.70. The molecule has 12 nitrogen and oxygen atoms in total. The summed E-state index contributed by atoms with van der Waals surface area (Å²) in [7, 11) is 0. The minimum Gasteiger partial charge on any atom is -0.481 e. The number of carboxylic acids is 2. The number of nitrogens with two attached hydrogens (primary N) is 2.